The summed E-state index contributed by atoms with van der Waals surface area (Å²) in [5.74, 6) is -1.92. The largest absolute Gasteiger partial charge is 0.378 e. The van der Waals surface area contributed by atoms with Crippen LogP contribution in [0.2, 0.25) is 5.02 Å². The molecule has 2 N–H and O–H groups in total. The van der Waals surface area contributed by atoms with E-state index in [0.717, 1.165) is 5.56 Å². The van der Waals surface area contributed by atoms with Crippen LogP contribution in [0.3, 0.4) is 0 Å². The molecule has 0 bridgehead atoms. The second kappa shape index (κ2) is 11.3. The van der Waals surface area contributed by atoms with Crippen molar-refractivity contribution in [2.45, 2.75) is 51.1 Å². The van der Waals surface area contributed by atoms with Crippen LogP contribution in [0.4, 0.5) is 0 Å². The standard InChI is InChI=1S/C27H31ClNO4P/c1-27(2,3)29-25(30)24(19-18-20-12-6-4-7-13-20)33-34(32,21-14-8-5-9-15-21)26(31)22-16-10-11-17-23(22)28/h4-17,24,26,31H,18-19H2,1-3H3,(H,29,30). The first-order valence-corrected chi connectivity index (χ1v) is 13.3. The van der Waals surface area contributed by atoms with Crippen molar-refractivity contribution in [3.05, 3.63) is 101 Å². The molecule has 0 radical (unpaired) electrons. The van der Waals surface area contributed by atoms with E-state index in [1.165, 1.54) is 0 Å². The third kappa shape index (κ3) is 6.80. The number of carbonyl (C=O) groups excluding carboxylic acids is 1. The molecule has 3 atom stereocenters. The zero-order chi connectivity index (χ0) is 24.8. The molecule has 0 aliphatic heterocycles. The van der Waals surface area contributed by atoms with E-state index in [0.29, 0.717) is 11.7 Å². The molecule has 1 amide bonds. The fourth-order valence-electron chi connectivity index (χ4n) is 3.58. The molecule has 0 aromatic heterocycles. The van der Waals surface area contributed by atoms with Gasteiger partial charge in [0, 0.05) is 21.4 Å². The van der Waals surface area contributed by atoms with Crippen LogP contribution in [0.15, 0.2) is 84.9 Å². The van der Waals surface area contributed by atoms with Gasteiger partial charge in [-0.25, -0.2) is 0 Å². The second-order valence-electron chi connectivity index (χ2n) is 9.19. The molecule has 0 aliphatic rings. The Morgan fingerprint density at radius 3 is 2.12 bits per heavy atom. The Morgan fingerprint density at radius 2 is 1.53 bits per heavy atom. The fourth-order valence-corrected chi connectivity index (χ4v) is 6.17. The maximum atomic E-state index is 14.4. The Labute approximate surface area is 206 Å². The highest BCUT2D eigenvalue weighted by molar-refractivity contribution is 7.67. The van der Waals surface area contributed by atoms with Crippen LogP contribution in [0.1, 0.15) is 44.2 Å². The van der Waals surface area contributed by atoms with Gasteiger partial charge in [-0.05, 0) is 57.4 Å². The Balaban J connectivity index is 2.00. The maximum Gasteiger partial charge on any atom is 0.264 e. The van der Waals surface area contributed by atoms with Crippen molar-refractivity contribution >= 4 is 30.2 Å². The number of aliphatic hydroxyl groups is 1. The molecule has 3 rings (SSSR count). The minimum atomic E-state index is -4.00. The minimum Gasteiger partial charge on any atom is -0.378 e. The number of nitrogens with one attached hydrogen (secondary N) is 1. The Hall–Kier alpha value is -2.43. The number of carbonyl (C=O) groups is 1. The fraction of sp³-hybridized carbons (Fsp3) is 0.296. The first kappa shape index (κ1) is 26.2. The summed E-state index contributed by atoms with van der Waals surface area (Å²) in [6.45, 7) is 5.61. The first-order valence-electron chi connectivity index (χ1n) is 11.2. The maximum absolute atomic E-state index is 14.4. The van der Waals surface area contributed by atoms with Crippen LogP contribution in [-0.4, -0.2) is 22.7 Å². The molecular weight excluding hydrogens is 469 g/mol. The molecule has 0 saturated carbocycles. The van der Waals surface area contributed by atoms with Gasteiger partial charge in [-0.1, -0.05) is 78.3 Å². The van der Waals surface area contributed by atoms with E-state index >= 15 is 0 Å². The number of hydrogen-bond donors (Lipinski definition) is 2. The molecule has 180 valence electrons. The summed E-state index contributed by atoms with van der Waals surface area (Å²) in [5.41, 5.74) is 0.805. The van der Waals surface area contributed by atoms with Gasteiger partial charge in [0.25, 0.3) is 7.37 Å². The van der Waals surface area contributed by atoms with Gasteiger partial charge in [-0.3, -0.25) is 9.36 Å². The van der Waals surface area contributed by atoms with Gasteiger partial charge in [0.15, 0.2) is 5.85 Å². The molecule has 5 nitrogen and oxygen atoms in total. The van der Waals surface area contributed by atoms with Crippen LogP contribution in [0.25, 0.3) is 0 Å². The predicted octanol–water partition coefficient (Wildman–Crippen LogP) is 5.87. The second-order valence-corrected chi connectivity index (χ2v) is 12.0. The lowest BCUT2D eigenvalue weighted by molar-refractivity contribution is -0.129. The molecule has 7 heteroatoms. The number of halogens is 1. The number of amides is 1. The molecule has 3 aromatic rings. The highest BCUT2D eigenvalue weighted by atomic mass is 35.5. The van der Waals surface area contributed by atoms with E-state index in [4.69, 9.17) is 16.1 Å². The molecular formula is C27H31ClNO4P. The van der Waals surface area contributed by atoms with Gasteiger partial charge < -0.3 is 14.9 Å². The van der Waals surface area contributed by atoms with E-state index in [2.05, 4.69) is 5.32 Å². The van der Waals surface area contributed by atoms with Gasteiger partial charge in [0.2, 0.25) is 5.91 Å². The normalized spacial score (nSPS) is 15.2. The van der Waals surface area contributed by atoms with Crippen molar-refractivity contribution in [3.63, 3.8) is 0 Å². The minimum absolute atomic E-state index is 0.273. The van der Waals surface area contributed by atoms with E-state index in [9.17, 15) is 14.5 Å². The van der Waals surface area contributed by atoms with Gasteiger partial charge in [0.05, 0.1) is 0 Å². The predicted molar refractivity (Wildman–Crippen MR) is 138 cm³/mol. The van der Waals surface area contributed by atoms with Crippen molar-refractivity contribution in [1.29, 1.82) is 0 Å². The lowest BCUT2D eigenvalue weighted by Crippen LogP contribution is -2.47. The van der Waals surface area contributed by atoms with Gasteiger partial charge in [-0.2, -0.15) is 0 Å². The van der Waals surface area contributed by atoms with Crippen LogP contribution in [0, 0.1) is 0 Å². The summed E-state index contributed by atoms with van der Waals surface area (Å²) in [6, 6.07) is 24.9. The lowest BCUT2D eigenvalue weighted by atomic mass is 10.0. The van der Waals surface area contributed by atoms with Crippen LogP contribution >= 0.6 is 19.0 Å². The topological polar surface area (TPSA) is 75.6 Å². The van der Waals surface area contributed by atoms with Crippen molar-refractivity contribution in [2.75, 3.05) is 0 Å². The third-order valence-electron chi connectivity index (χ3n) is 5.23. The summed E-state index contributed by atoms with van der Waals surface area (Å²) in [6.07, 6.45) is -0.222. The molecule has 34 heavy (non-hydrogen) atoms. The van der Waals surface area contributed by atoms with Crippen molar-refractivity contribution < 1.29 is 19.0 Å². The van der Waals surface area contributed by atoms with E-state index in [1.54, 1.807) is 54.6 Å². The highest BCUT2D eigenvalue weighted by Gasteiger charge is 2.41. The first-order chi connectivity index (χ1) is 16.1. The molecule has 3 unspecified atom stereocenters. The Kier molecular flexibility index (Phi) is 8.72. The van der Waals surface area contributed by atoms with Crippen LogP contribution in [0.5, 0.6) is 0 Å². The highest BCUT2D eigenvalue weighted by Crippen LogP contribution is 2.59. The molecule has 3 aromatic carbocycles. The third-order valence-corrected chi connectivity index (χ3v) is 8.09. The summed E-state index contributed by atoms with van der Waals surface area (Å²) in [7, 11) is -4.00. The summed E-state index contributed by atoms with van der Waals surface area (Å²) in [5, 5.41) is 14.8. The van der Waals surface area contributed by atoms with Crippen LogP contribution < -0.4 is 10.6 Å². The van der Waals surface area contributed by atoms with Gasteiger partial charge >= 0.3 is 0 Å². The van der Waals surface area contributed by atoms with Crippen molar-refractivity contribution in [1.82, 2.24) is 5.32 Å². The smallest absolute Gasteiger partial charge is 0.264 e. The summed E-state index contributed by atoms with van der Waals surface area (Å²) >= 11 is 6.32. The van der Waals surface area contributed by atoms with E-state index in [-0.39, 0.29) is 22.9 Å². The van der Waals surface area contributed by atoms with Gasteiger partial charge in [0.1, 0.15) is 6.10 Å². The average Bonchev–Trinajstić information content (AvgIpc) is 2.81. The van der Waals surface area contributed by atoms with Crippen molar-refractivity contribution in [3.8, 4) is 0 Å². The molecule has 0 heterocycles. The number of aryl methyl sites for hydroxylation is 1. The molecule has 0 fully saturated rings. The molecule has 0 spiro atoms. The monoisotopic (exact) mass is 499 g/mol. The van der Waals surface area contributed by atoms with E-state index in [1.807, 2.05) is 51.1 Å². The average molecular weight is 500 g/mol. The van der Waals surface area contributed by atoms with Crippen molar-refractivity contribution in [2.24, 2.45) is 0 Å². The number of rotatable bonds is 9. The number of benzene rings is 3. The summed E-state index contributed by atoms with van der Waals surface area (Å²) in [4.78, 5) is 13.3. The lowest BCUT2D eigenvalue weighted by Gasteiger charge is -2.31. The van der Waals surface area contributed by atoms with Gasteiger partial charge in [-0.15, -0.1) is 0 Å². The summed E-state index contributed by atoms with van der Waals surface area (Å²) < 4.78 is 20.6. The SMILES string of the molecule is CC(C)(C)NC(=O)C(CCc1ccccc1)OP(=O)(c1ccccc1)C(O)c1ccccc1Cl. The van der Waals surface area contributed by atoms with Crippen LogP contribution in [-0.2, 0) is 20.3 Å². The molecule has 0 aliphatic carbocycles. The Morgan fingerprint density at radius 1 is 0.971 bits per heavy atom. The zero-order valence-electron chi connectivity index (χ0n) is 19.6. The zero-order valence-corrected chi connectivity index (χ0v) is 21.3. The quantitative estimate of drug-likeness (QED) is 0.361. The Bertz CT molecular complexity index is 1130. The van der Waals surface area contributed by atoms with E-state index < -0.39 is 24.9 Å². The molecule has 0 saturated heterocycles. The number of hydrogen-bond acceptors (Lipinski definition) is 4. The number of aliphatic hydroxyl groups excluding tert-OH is 1.